The molecule has 0 spiro atoms. The second kappa shape index (κ2) is 15.6. The topological polar surface area (TPSA) is 67.6 Å². The van der Waals surface area contributed by atoms with E-state index in [1.54, 1.807) is 0 Å². The van der Waals surface area contributed by atoms with Crippen molar-refractivity contribution in [3.05, 3.63) is 70.4 Å². The average Bonchev–Trinajstić information content (AvgIpc) is 3.06. The van der Waals surface area contributed by atoms with E-state index in [9.17, 15) is 4.79 Å². The molecular weight excluding hydrogens is 410 g/mol. The van der Waals surface area contributed by atoms with Gasteiger partial charge < -0.3 is 15.8 Å². The van der Waals surface area contributed by atoms with Gasteiger partial charge in [-0.3, -0.25) is 9.69 Å². The first-order chi connectivity index (χ1) is 16.0. The van der Waals surface area contributed by atoms with Crippen molar-refractivity contribution in [1.29, 1.82) is 0 Å². The fourth-order valence-corrected chi connectivity index (χ4v) is 4.06. The van der Waals surface area contributed by atoms with E-state index < -0.39 is 0 Å². The number of nitrogens with zero attached hydrogens (tertiary/aromatic N) is 1. The Balaban J connectivity index is 1.80. The van der Waals surface area contributed by atoms with Crippen LogP contribution in [0.15, 0.2) is 70.4 Å². The molecule has 1 aliphatic carbocycles. The number of unbranched alkanes of at least 4 members (excludes halogenated alkanes) is 1. The van der Waals surface area contributed by atoms with Gasteiger partial charge in [0.05, 0.1) is 13.2 Å². The molecule has 182 valence electrons. The second-order valence-corrected chi connectivity index (χ2v) is 8.80. The Morgan fingerprint density at radius 2 is 1.97 bits per heavy atom. The van der Waals surface area contributed by atoms with Crippen LogP contribution < -0.4 is 11.1 Å². The number of morpholine rings is 1. The molecule has 1 saturated heterocycles. The van der Waals surface area contributed by atoms with E-state index in [-0.39, 0.29) is 5.91 Å². The SMILES string of the molecule is C/C=C(/C)C(=CC/C=C(\C)CN1CCOCC1)C(=O)NCCCCC1=C(CN)CC=CC=C1. The summed E-state index contributed by atoms with van der Waals surface area (Å²) in [5.41, 5.74) is 11.7. The number of hydrogen-bond acceptors (Lipinski definition) is 4. The monoisotopic (exact) mass is 453 g/mol. The summed E-state index contributed by atoms with van der Waals surface area (Å²) in [5.74, 6) is 0.0188. The Labute approximate surface area is 200 Å². The molecule has 5 heteroatoms. The number of nitrogens with two attached hydrogens (primary N) is 1. The van der Waals surface area contributed by atoms with Gasteiger partial charge in [0.1, 0.15) is 0 Å². The number of carbonyl (C=O) groups is 1. The number of rotatable bonds is 12. The molecule has 0 radical (unpaired) electrons. The zero-order chi connectivity index (χ0) is 23.9. The van der Waals surface area contributed by atoms with Crippen LogP contribution in [0.25, 0.3) is 0 Å². The molecule has 1 amide bonds. The number of carbonyl (C=O) groups excluding carboxylic acids is 1. The molecule has 1 heterocycles. The van der Waals surface area contributed by atoms with Crippen molar-refractivity contribution >= 4 is 5.91 Å². The number of allylic oxidation sites excluding steroid dienone is 8. The summed E-state index contributed by atoms with van der Waals surface area (Å²) in [6.45, 7) is 12.0. The fourth-order valence-electron chi connectivity index (χ4n) is 4.06. The molecule has 33 heavy (non-hydrogen) atoms. The molecular formula is C28H43N3O2. The van der Waals surface area contributed by atoms with Gasteiger partial charge in [0.2, 0.25) is 0 Å². The first kappa shape index (κ1) is 27.0. The number of amides is 1. The lowest BCUT2D eigenvalue weighted by atomic mass is 10.0. The molecule has 5 nitrogen and oxygen atoms in total. The second-order valence-electron chi connectivity index (χ2n) is 8.80. The van der Waals surface area contributed by atoms with Crippen LogP contribution in [0.4, 0.5) is 0 Å². The van der Waals surface area contributed by atoms with Crippen LogP contribution in [0.2, 0.25) is 0 Å². The molecule has 0 atom stereocenters. The van der Waals surface area contributed by atoms with Gasteiger partial charge in [0, 0.05) is 38.3 Å². The first-order valence-corrected chi connectivity index (χ1v) is 12.4. The Kier molecular flexibility index (Phi) is 12.8. The van der Waals surface area contributed by atoms with Crippen LogP contribution in [0, 0.1) is 0 Å². The Hall–Kier alpha value is -2.21. The molecule has 0 unspecified atom stereocenters. The zero-order valence-corrected chi connectivity index (χ0v) is 20.9. The van der Waals surface area contributed by atoms with Crippen LogP contribution in [-0.4, -0.2) is 56.7 Å². The smallest absolute Gasteiger partial charge is 0.251 e. The predicted octanol–water partition coefficient (Wildman–Crippen LogP) is 4.61. The third kappa shape index (κ3) is 10.1. The summed E-state index contributed by atoms with van der Waals surface area (Å²) >= 11 is 0. The van der Waals surface area contributed by atoms with E-state index in [0.29, 0.717) is 13.1 Å². The van der Waals surface area contributed by atoms with Crippen LogP contribution >= 0.6 is 0 Å². The molecule has 0 aromatic rings. The maximum atomic E-state index is 12.8. The van der Waals surface area contributed by atoms with Gasteiger partial charge in [-0.1, -0.05) is 48.1 Å². The Bertz CT molecular complexity index is 809. The molecule has 1 aliphatic heterocycles. The van der Waals surface area contributed by atoms with E-state index in [4.69, 9.17) is 10.5 Å². The van der Waals surface area contributed by atoms with Crippen LogP contribution in [0.3, 0.4) is 0 Å². The Morgan fingerprint density at radius 3 is 2.70 bits per heavy atom. The van der Waals surface area contributed by atoms with E-state index >= 15 is 0 Å². The first-order valence-electron chi connectivity index (χ1n) is 12.4. The van der Waals surface area contributed by atoms with E-state index in [0.717, 1.165) is 76.1 Å². The quantitative estimate of drug-likeness (QED) is 0.196. The lowest BCUT2D eigenvalue weighted by molar-refractivity contribution is -0.117. The molecule has 3 N–H and O–H groups in total. The van der Waals surface area contributed by atoms with Gasteiger partial charge in [-0.15, -0.1) is 0 Å². The summed E-state index contributed by atoms with van der Waals surface area (Å²) in [4.78, 5) is 15.3. The number of nitrogens with one attached hydrogen (secondary N) is 1. The standard InChI is InChI=1S/C28H43N3O2/c1-4-24(3)27(15-10-11-23(2)22-31-17-19-33-20-18-31)28(32)30-16-9-8-13-25-12-6-5-7-14-26(25)21-29/h4-7,11-12,15H,8-10,13-14,16-22,29H2,1-3H3,(H,30,32)/b23-11+,24-4-,27-15?. The normalized spacial score (nSPS) is 18.6. The highest BCUT2D eigenvalue weighted by Crippen LogP contribution is 2.19. The van der Waals surface area contributed by atoms with Crippen molar-refractivity contribution < 1.29 is 9.53 Å². The van der Waals surface area contributed by atoms with E-state index in [1.165, 1.54) is 16.7 Å². The minimum absolute atomic E-state index is 0.0188. The largest absolute Gasteiger partial charge is 0.379 e. The minimum Gasteiger partial charge on any atom is -0.379 e. The summed E-state index contributed by atoms with van der Waals surface area (Å²) in [5, 5.41) is 3.12. The third-order valence-corrected chi connectivity index (χ3v) is 6.24. The molecule has 0 aromatic heterocycles. The number of ether oxygens (including phenoxy) is 1. The van der Waals surface area contributed by atoms with Crippen LogP contribution in [0.1, 0.15) is 52.9 Å². The predicted molar refractivity (Wildman–Crippen MR) is 139 cm³/mol. The van der Waals surface area contributed by atoms with Gasteiger partial charge in [0.25, 0.3) is 5.91 Å². The van der Waals surface area contributed by atoms with Gasteiger partial charge in [0.15, 0.2) is 0 Å². The van der Waals surface area contributed by atoms with Crippen molar-refractivity contribution in [2.75, 3.05) is 45.9 Å². The molecule has 0 aromatic carbocycles. The van der Waals surface area contributed by atoms with Crippen molar-refractivity contribution in [3.63, 3.8) is 0 Å². The number of hydrogen-bond donors (Lipinski definition) is 2. The van der Waals surface area contributed by atoms with Gasteiger partial charge in [-0.2, -0.15) is 0 Å². The minimum atomic E-state index is 0.0188. The van der Waals surface area contributed by atoms with Gasteiger partial charge in [-0.25, -0.2) is 0 Å². The maximum absolute atomic E-state index is 12.8. The zero-order valence-electron chi connectivity index (χ0n) is 20.9. The average molecular weight is 454 g/mol. The summed E-state index contributed by atoms with van der Waals surface area (Å²) in [6.07, 6.45) is 19.5. The molecule has 2 aliphatic rings. The summed E-state index contributed by atoms with van der Waals surface area (Å²) in [7, 11) is 0. The van der Waals surface area contributed by atoms with Crippen LogP contribution in [0.5, 0.6) is 0 Å². The van der Waals surface area contributed by atoms with Gasteiger partial charge in [-0.05, 0) is 69.6 Å². The van der Waals surface area contributed by atoms with Crippen molar-refractivity contribution in [2.24, 2.45) is 5.73 Å². The maximum Gasteiger partial charge on any atom is 0.251 e. The summed E-state index contributed by atoms with van der Waals surface area (Å²) in [6, 6.07) is 0. The van der Waals surface area contributed by atoms with Crippen molar-refractivity contribution in [1.82, 2.24) is 10.2 Å². The molecule has 0 saturated carbocycles. The third-order valence-electron chi connectivity index (χ3n) is 6.24. The van der Waals surface area contributed by atoms with Crippen molar-refractivity contribution in [3.8, 4) is 0 Å². The molecule has 0 bridgehead atoms. The summed E-state index contributed by atoms with van der Waals surface area (Å²) < 4.78 is 5.42. The lowest BCUT2D eigenvalue weighted by Crippen LogP contribution is -2.37. The highest BCUT2D eigenvalue weighted by molar-refractivity contribution is 5.97. The van der Waals surface area contributed by atoms with Gasteiger partial charge >= 0.3 is 0 Å². The van der Waals surface area contributed by atoms with E-state index in [1.807, 2.05) is 19.9 Å². The van der Waals surface area contributed by atoms with Crippen molar-refractivity contribution in [2.45, 2.75) is 52.9 Å². The highest BCUT2D eigenvalue weighted by Gasteiger charge is 2.12. The Morgan fingerprint density at radius 1 is 1.18 bits per heavy atom. The highest BCUT2D eigenvalue weighted by atomic mass is 16.5. The van der Waals surface area contributed by atoms with Crippen LogP contribution in [-0.2, 0) is 9.53 Å². The lowest BCUT2D eigenvalue weighted by Gasteiger charge is -2.26. The van der Waals surface area contributed by atoms with E-state index in [2.05, 4.69) is 53.6 Å². The molecule has 1 fully saturated rings. The molecule has 2 rings (SSSR count). The fraction of sp³-hybridized carbons (Fsp3) is 0.536.